The van der Waals surface area contributed by atoms with Crippen LogP contribution in [-0.2, 0) is 9.48 Å². The molecular formula is C23H33N5O4S. The van der Waals surface area contributed by atoms with Gasteiger partial charge in [0.05, 0.1) is 24.9 Å². The Labute approximate surface area is 196 Å². The molecule has 1 aromatic heterocycles. The van der Waals surface area contributed by atoms with Crippen LogP contribution in [0.4, 0.5) is 16.3 Å². The van der Waals surface area contributed by atoms with Crippen molar-refractivity contribution in [1.29, 1.82) is 0 Å². The summed E-state index contributed by atoms with van der Waals surface area (Å²) in [5.41, 5.74) is 2.15. The van der Waals surface area contributed by atoms with E-state index in [1.807, 2.05) is 25.1 Å². The Kier molecular flexibility index (Phi) is 6.81. The lowest BCUT2D eigenvalue weighted by Gasteiger charge is -2.55. The van der Waals surface area contributed by atoms with Crippen molar-refractivity contribution in [3.8, 4) is 11.4 Å². The standard InChI is InChI=1S/C23H33N5O4S/c1-4-33(30,31)23(10-5-11-23)19-14-20(28-12-13-32-15-16(28)2)27-21(26-19)17-6-8-18(9-7-17)25-22(29)24-3/h6-9,14,16,30-31H,4-5,10-13,15H2,1-3H3,(H2,24,25,29)/t16-/m0/s1. The number of amides is 2. The molecule has 0 spiro atoms. The Hall–Kier alpha value is -2.40. The van der Waals surface area contributed by atoms with Gasteiger partial charge < -0.3 is 20.3 Å². The van der Waals surface area contributed by atoms with E-state index in [1.54, 1.807) is 19.2 Å². The molecular weight excluding hydrogens is 442 g/mol. The number of carbonyl (C=O) groups excluding carboxylic acids is 1. The van der Waals surface area contributed by atoms with E-state index in [0.717, 1.165) is 17.8 Å². The fraction of sp³-hybridized carbons (Fsp3) is 0.522. The first-order chi connectivity index (χ1) is 15.8. The number of nitrogens with one attached hydrogen (secondary N) is 2. The minimum atomic E-state index is -2.85. The molecule has 1 aliphatic heterocycles. The van der Waals surface area contributed by atoms with Crippen LogP contribution in [0, 0.1) is 0 Å². The Morgan fingerprint density at radius 2 is 2.00 bits per heavy atom. The number of anilines is 2. The predicted molar refractivity (Wildman–Crippen MR) is 132 cm³/mol. The Balaban J connectivity index is 1.77. The monoisotopic (exact) mass is 475 g/mol. The quantitative estimate of drug-likeness (QED) is 0.492. The summed E-state index contributed by atoms with van der Waals surface area (Å²) in [6.45, 7) is 5.86. The summed E-state index contributed by atoms with van der Waals surface area (Å²) in [6, 6.07) is 9.13. The Morgan fingerprint density at radius 3 is 2.58 bits per heavy atom. The number of nitrogens with zero attached hydrogens (tertiary/aromatic N) is 3. The van der Waals surface area contributed by atoms with Gasteiger partial charge in [-0.3, -0.25) is 9.11 Å². The highest BCUT2D eigenvalue weighted by Gasteiger charge is 2.50. The van der Waals surface area contributed by atoms with Gasteiger partial charge in [0.25, 0.3) is 0 Å². The third-order valence-corrected chi connectivity index (χ3v) is 9.33. The summed E-state index contributed by atoms with van der Waals surface area (Å²) >= 11 is 0. The van der Waals surface area contributed by atoms with Crippen LogP contribution in [0.15, 0.2) is 30.3 Å². The van der Waals surface area contributed by atoms with Crippen LogP contribution in [0.5, 0.6) is 0 Å². The van der Waals surface area contributed by atoms with Crippen molar-refractivity contribution in [1.82, 2.24) is 15.3 Å². The van der Waals surface area contributed by atoms with Gasteiger partial charge in [0.2, 0.25) is 0 Å². The fourth-order valence-electron chi connectivity index (χ4n) is 4.43. The molecule has 1 aromatic carbocycles. The minimum absolute atomic E-state index is 0.150. The van der Waals surface area contributed by atoms with Gasteiger partial charge >= 0.3 is 6.03 Å². The first-order valence-electron chi connectivity index (χ1n) is 11.4. The molecule has 180 valence electrons. The van der Waals surface area contributed by atoms with Crippen molar-refractivity contribution in [3.05, 3.63) is 36.0 Å². The topological polar surface area (TPSA) is 120 Å². The van der Waals surface area contributed by atoms with Gasteiger partial charge in [0, 0.05) is 36.7 Å². The average molecular weight is 476 g/mol. The summed E-state index contributed by atoms with van der Waals surface area (Å²) in [4.78, 5) is 23.5. The zero-order valence-electron chi connectivity index (χ0n) is 19.4. The van der Waals surface area contributed by atoms with Crippen LogP contribution in [0.2, 0.25) is 0 Å². The largest absolute Gasteiger partial charge is 0.377 e. The zero-order valence-corrected chi connectivity index (χ0v) is 20.2. The number of benzene rings is 1. The zero-order chi connectivity index (χ0) is 23.6. The maximum absolute atomic E-state index is 11.6. The third kappa shape index (κ3) is 4.52. The molecule has 0 bridgehead atoms. The van der Waals surface area contributed by atoms with Crippen molar-refractivity contribution in [3.63, 3.8) is 0 Å². The Morgan fingerprint density at radius 1 is 1.27 bits per heavy atom. The molecule has 10 heteroatoms. The highest BCUT2D eigenvalue weighted by atomic mass is 32.3. The molecule has 4 rings (SSSR count). The second-order valence-corrected chi connectivity index (χ2v) is 11.3. The molecule has 1 saturated heterocycles. The number of hydrogen-bond donors (Lipinski definition) is 4. The van der Waals surface area contributed by atoms with Crippen molar-refractivity contribution in [2.45, 2.75) is 43.9 Å². The van der Waals surface area contributed by atoms with Crippen LogP contribution in [0.1, 0.15) is 38.8 Å². The van der Waals surface area contributed by atoms with E-state index in [1.165, 1.54) is 0 Å². The fourth-order valence-corrected chi connectivity index (χ4v) is 6.37. The van der Waals surface area contributed by atoms with E-state index in [0.29, 0.717) is 55.6 Å². The highest BCUT2D eigenvalue weighted by Crippen LogP contribution is 2.67. The van der Waals surface area contributed by atoms with Crippen LogP contribution in [0.3, 0.4) is 0 Å². The normalized spacial score (nSPS) is 20.6. The number of rotatable bonds is 6. The van der Waals surface area contributed by atoms with E-state index < -0.39 is 15.3 Å². The summed E-state index contributed by atoms with van der Waals surface area (Å²) in [6.07, 6.45) is 2.35. The van der Waals surface area contributed by atoms with Crippen molar-refractivity contribution >= 4 is 28.1 Å². The van der Waals surface area contributed by atoms with E-state index in [9.17, 15) is 13.9 Å². The van der Waals surface area contributed by atoms with E-state index in [2.05, 4.69) is 22.5 Å². The Bertz CT molecular complexity index is 997. The van der Waals surface area contributed by atoms with Gasteiger partial charge in [-0.25, -0.2) is 14.8 Å². The summed E-state index contributed by atoms with van der Waals surface area (Å²) in [5.74, 6) is 1.61. The molecule has 9 nitrogen and oxygen atoms in total. The molecule has 2 aromatic rings. The highest BCUT2D eigenvalue weighted by molar-refractivity contribution is 8.25. The van der Waals surface area contributed by atoms with Gasteiger partial charge in [0.15, 0.2) is 5.82 Å². The van der Waals surface area contributed by atoms with Crippen LogP contribution in [-0.4, -0.2) is 63.7 Å². The van der Waals surface area contributed by atoms with Gasteiger partial charge in [0.1, 0.15) is 10.6 Å². The van der Waals surface area contributed by atoms with Crippen LogP contribution >= 0.6 is 10.6 Å². The minimum Gasteiger partial charge on any atom is -0.377 e. The average Bonchev–Trinajstić information content (AvgIpc) is 2.78. The van der Waals surface area contributed by atoms with Crippen molar-refractivity contribution in [2.75, 3.05) is 42.8 Å². The maximum atomic E-state index is 11.6. The number of urea groups is 1. The molecule has 2 fully saturated rings. The molecule has 2 amide bonds. The molecule has 0 unspecified atom stereocenters. The van der Waals surface area contributed by atoms with Crippen molar-refractivity contribution in [2.24, 2.45) is 0 Å². The van der Waals surface area contributed by atoms with Gasteiger partial charge in [-0.05, 0) is 57.4 Å². The molecule has 2 aliphatic rings. The lowest BCUT2D eigenvalue weighted by atomic mass is 9.81. The molecule has 33 heavy (non-hydrogen) atoms. The molecule has 4 N–H and O–H groups in total. The van der Waals surface area contributed by atoms with Gasteiger partial charge in [-0.2, -0.15) is 10.6 Å². The maximum Gasteiger partial charge on any atom is 0.318 e. The number of carbonyl (C=O) groups is 1. The summed E-state index contributed by atoms with van der Waals surface area (Å²) < 4.78 is 26.9. The van der Waals surface area contributed by atoms with Crippen LogP contribution < -0.4 is 15.5 Å². The number of ether oxygens (including phenoxy) is 1. The molecule has 1 atom stereocenters. The number of hydrogen-bond acceptors (Lipinski definition) is 7. The second-order valence-electron chi connectivity index (χ2n) is 8.64. The van der Waals surface area contributed by atoms with E-state index in [-0.39, 0.29) is 12.1 Å². The van der Waals surface area contributed by atoms with E-state index in [4.69, 9.17) is 14.7 Å². The number of morpholine rings is 1. The summed E-state index contributed by atoms with van der Waals surface area (Å²) in [7, 11) is -1.28. The van der Waals surface area contributed by atoms with Crippen molar-refractivity contribution < 1.29 is 18.6 Å². The molecule has 1 saturated carbocycles. The lowest BCUT2D eigenvalue weighted by molar-refractivity contribution is 0.0985. The van der Waals surface area contributed by atoms with Crippen LogP contribution in [0.25, 0.3) is 11.4 Å². The van der Waals surface area contributed by atoms with E-state index >= 15 is 0 Å². The summed E-state index contributed by atoms with van der Waals surface area (Å²) in [5, 5.41) is 5.27. The lowest BCUT2D eigenvalue weighted by Crippen LogP contribution is -2.45. The molecule has 1 aliphatic carbocycles. The van der Waals surface area contributed by atoms with Gasteiger partial charge in [-0.15, -0.1) is 0 Å². The van der Waals surface area contributed by atoms with Gasteiger partial charge in [-0.1, -0.05) is 0 Å². The first-order valence-corrected chi connectivity index (χ1v) is 13.1. The predicted octanol–water partition coefficient (Wildman–Crippen LogP) is 4.27. The smallest absolute Gasteiger partial charge is 0.318 e. The number of aromatic nitrogens is 2. The molecule has 2 heterocycles. The first kappa shape index (κ1) is 23.7. The third-order valence-electron chi connectivity index (χ3n) is 6.66. The SMILES string of the molecule is CCS(O)(O)C1(c2cc(N3CCOC[C@@H]3C)nc(-c3ccc(NC(=O)NC)cc3)n2)CCC1. The second kappa shape index (κ2) is 9.46. The molecule has 0 radical (unpaired) electrons.